The van der Waals surface area contributed by atoms with Crippen LogP contribution in [0.5, 0.6) is 5.75 Å². The Balaban J connectivity index is 2.02. The average Bonchev–Trinajstić information content (AvgIpc) is 2.63. The molecular weight excluding hydrogens is 382 g/mol. The summed E-state index contributed by atoms with van der Waals surface area (Å²) in [6.07, 6.45) is 0. The van der Waals surface area contributed by atoms with E-state index in [-0.39, 0.29) is 11.4 Å². The molecule has 0 aliphatic carbocycles. The van der Waals surface area contributed by atoms with Gasteiger partial charge in [-0.1, -0.05) is 0 Å². The Labute approximate surface area is 164 Å². The van der Waals surface area contributed by atoms with E-state index in [1.807, 2.05) is 6.92 Å². The summed E-state index contributed by atoms with van der Waals surface area (Å²) < 4.78 is 28.5. The van der Waals surface area contributed by atoms with Crippen LogP contribution >= 0.6 is 0 Å². The van der Waals surface area contributed by atoms with Crippen molar-refractivity contribution in [2.24, 2.45) is 5.14 Å². The topological polar surface area (TPSA) is 128 Å². The Kier molecular flexibility index (Phi) is 6.76. The number of rotatable bonds is 7. The van der Waals surface area contributed by atoms with E-state index >= 15 is 0 Å². The smallest absolute Gasteiger partial charge is 0.251 e. The highest BCUT2D eigenvalue weighted by molar-refractivity contribution is 7.89. The van der Waals surface area contributed by atoms with Gasteiger partial charge in [-0.25, -0.2) is 13.6 Å². The molecule has 0 aliphatic rings. The van der Waals surface area contributed by atoms with Crippen LogP contribution in [0.4, 0.5) is 5.69 Å². The molecular formula is C19H23N3O5S. The Morgan fingerprint density at radius 2 is 1.75 bits per heavy atom. The van der Waals surface area contributed by atoms with E-state index in [0.29, 0.717) is 34.7 Å². The molecule has 150 valence electrons. The first kappa shape index (κ1) is 21.4. The molecule has 0 aliphatic heterocycles. The molecule has 0 saturated carbocycles. The normalized spacial score (nSPS) is 11.0. The van der Waals surface area contributed by atoms with Crippen molar-refractivity contribution in [1.82, 2.24) is 5.32 Å². The first-order valence-electron chi connectivity index (χ1n) is 8.56. The predicted molar refractivity (Wildman–Crippen MR) is 106 cm³/mol. The Bertz CT molecular complexity index is 985. The second-order valence-corrected chi connectivity index (χ2v) is 7.71. The molecule has 0 atom stereocenters. The molecule has 0 aromatic heterocycles. The summed E-state index contributed by atoms with van der Waals surface area (Å²) in [6.45, 7) is 5.58. The van der Waals surface area contributed by atoms with Gasteiger partial charge in [0.15, 0.2) is 0 Å². The molecule has 4 N–H and O–H groups in total. The van der Waals surface area contributed by atoms with Gasteiger partial charge in [-0.3, -0.25) is 9.59 Å². The van der Waals surface area contributed by atoms with Crippen LogP contribution in [0, 0.1) is 13.8 Å². The number of nitrogens with two attached hydrogens (primary N) is 1. The van der Waals surface area contributed by atoms with Crippen molar-refractivity contribution in [1.29, 1.82) is 0 Å². The van der Waals surface area contributed by atoms with Crippen molar-refractivity contribution < 1.29 is 22.7 Å². The summed E-state index contributed by atoms with van der Waals surface area (Å²) in [7, 11) is -3.90. The minimum atomic E-state index is -3.90. The van der Waals surface area contributed by atoms with Crippen molar-refractivity contribution in [2.45, 2.75) is 25.7 Å². The number of sulfonamides is 1. The van der Waals surface area contributed by atoms with Crippen molar-refractivity contribution in [3.8, 4) is 5.75 Å². The lowest BCUT2D eigenvalue weighted by atomic mass is 10.1. The number of ether oxygens (including phenoxy) is 1. The van der Waals surface area contributed by atoms with Gasteiger partial charge in [-0.05, 0) is 68.3 Å². The first-order valence-corrected chi connectivity index (χ1v) is 10.1. The summed E-state index contributed by atoms with van der Waals surface area (Å²) in [6, 6.07) is 9.27. The van der Waals surface area contributed by atoms with E-state index < -0.39 is 21.8 Å². The third kappa shape index (κ3) is 5.54. The maximum atomic E-state index is 12.2. The number of aryl methyl sites for hydroxylation is 1. The Morgan fingerprint density at radius 1 is 1.11 bits per heavy atom. The van der Waals surface area contributed by atoms with E-state index in [2.05, 4.69) is 10.6 Å². The summed E-state index contributed by atoms with van der Waals surface area (Å²) in [5.74, 6) is -0.255. The number of amides is 2. The van der Waals surface area contributed by atoms with E-state index in [1.165, 1.54) is 12.1 Å². The third-order valence-corrected chi connectivity index (χ3v) is 4.97. The van der Waals surface area contributed by atoms with Crippen molar-refractivity contribution in [2.75, 3.05) is 18.5 Å². The van der Waals surface area contributed by atoms with Gasteiger partial charge < -0.3 is 15.4 Å². The second kappa shape index (κ2) is 8.85. The first-order chi connectivity index (χ1) is 13.1. The number of hydrogen-bond acceptors (Lipinski definition) is 5. The number of carbonyl (C=O) groups is 2. The molecule has 9 heteroatoms. The van der Waals surface area contributed by atoms with E-state index in [9.17, 15) is 18.0 Å². The largest absolute Gasteiger partial charge is 0.494 e. The molecule has 0 heterocycles. The van der Waals surface area contributed by atoms with Crippen LogP contribution in [0.2, 0.25) is 0 Å². The molecule has 0 fully saturated rings. The van der Waals surface area contributed by atoms with Gasteiger partial charge in [0.25, 0.3) is 5.91 Å². The zero-order valence-corrected chi connectivity index (χ0v) is 16.7. The maximum Gasteiger partial charge on any atom is 0.251 e. The molecule has 2 rings (SSSR count). The van der Waals surface area contributed by atoms with Gasteiger partial charge in [0.1, 0.15) is 5.75 Å². The highest BCUT2D eigenvalue weighted by Gasteiger charge is 2.15. The van der Waals surface area contributed by atoms with Gasteiger partial charge >= 0.3 is 0 Å². The average molecular weight is 405 g/mol. The van der Waals surface area contributed by atoms with E-state index in [4.69, 9.17) is 9.88 Å². The Hall–Kier alpha value is -2.91. The van der Waals surface area contributed by atoms with Crippen LogP contribution in [0.3, 0.4) is 0 Å². The minimum absolute atomic E-state index is 0.0932. The van der Waals surface area contributed by atoms with Crippen LogP contribution in [-0.4, -0.2) is 33.4 Å². The molecule has 28 heavy (non-hydrogen) atoms. The molecule has 0 spiro atoms. The maximum absolute atomic E-state index is 12.2. The lowest BCUT2D eigenvalue weighted by molar-refractivity contribution is -0.115. The lowest BCUT2D eigenvalue weighted by Gasteiger charge is -2.13. The number of carbonyl (C=O) groups excluding carboxylic acids is 2. The Morgan fingerprint density at radius 3 is 2.32 bits per heavy atom. The minimum Gasteiger partial charge on any atom is -0.494 e. The molecule has 0 bridgehead atoms. The highest BCUT2D eigenvalue weighted by Crippen LogP contribution is 2.23. The van der Waals surface area contributed by atoms with Crippen LogP contribution < -0.4 is 20.5 Å². The fourth-order valence-corrected chi connectivity index (χ4v) is 3.07. The number of nitrogens with one attached hydrogen (secondary N) is 2. The number of benzene rings is 2. The number of hydrogen-bond donors (Lipinski definition) is 3. The summed E-state index contributed by atoms with van der Waals surface area (Å²) >= 11 is 0. The molecule has 2 aromatic carbocycles. The fraction of sp³-hybridized carbons (Fsp3) is 0.263. The highest BCUT2D eigenvalue weighted by atomic mass is 32.2. The van der Waals surface area contributed by atoms with Crippen LogP contribution in [0.15, 0.2) is 41.3 Å². The van der Waals surface area contributed by atoms with Gasteiger partial charge in [0.2, 0.25) is 15.9 Å². The zero-order valence-electron chi connectivity index (χ0n) is 15.9. The molecule has 2 aromatic rings. The van der Waals surface area contributed by atoms with E-state index in [0.717, 1.165) is 0 Å². The summed E-state index contributed by atoms with van der Waals surface area (Å²) in [5, 5.41) is 10.3. The molecule has 2 amide bonds. The number of primary sulfonamides is 1. The summed E-state index contributed by atoms with van der Waals surface area (Å²) in [4.78, 5) is 24.2. The van der Waals surface area contributed by atoms with Gasteiger partial charge in [0.05, 0.1) is 18.0 Å². The molecule has 8 nitrogen and oxygen atoms in total. The third-order valence-electron chi connectivity index (χ3n) is 4.08. The predicted octanol–water partition coefficient (Wildman–Crippen LogP) is 1.72. The summed E-state index contributed by atoms with van der Waals surface area (Å²) in [5.41, 5.74) is 2.09. The van der Waals surface area contributed by atoms with Crippen LogP contribution in [-0.2, 0) is 14.8 Å². The second-order valence-electron chi connectivity index (χ2n) is 6.15. The standard InChI is InChI=1S/C19H23N3O5S/c1-4-27-15-7-5-14(6-8-15)19(24)21-11-18(23)22-17-10-16(28(20,25)26)9-12(2)13(17)3/h5-10H,4,11H2,1-3H3,(H,21,24)(H,22,23)(H2,20,25,26). The number of anilines is 1. The van der Waals surface area contributed by atoms with E-state index in [1.54, 1.807) is 38.1 Å². The lowest BCUT2D eigenvalue weighted by Crippen LogP contribution is -2.33. The van der Waals surface area contributed by atoms with Gasteiger partial charge in [-0.15, -0.1) is 0 Å². The quantitative estimate of drug-likeness (QED) is 0.646. The molecule has 0 unspecified atom stereocenters. The molecule has 0 saturated heterocycles. The SMILES string of the molecule is CCOc1ccc(C(=O)NCC(=O)Nc2cc(S(N)(=O)=O)cc(C)c2C)cc1. The van der Waals surface area contributed by atoms with Crippen molar-refractivity contribution >= 4 is 27.5 Å². The van der Waals surface area contributed by atoms with Gasteiger partial charge in [0, 0.05) is 11.3 Å². The van der Waals surface area contributed by atoms with Gasteiger partial charge in [-0.2, -0.15) is 0 Å². The van der Waals surface area contributed by atoms with Crippen LogP contribution in [0.1, 0.15) is 28.4 Å². The monoisotopic (exact) mass is 405 g/mol. The zero-order chi connectivity index (χ0) is 20.9. The fourth-order valence-electron chi connectivity index (χ4n) is 2.45. The van der Waals surface area contributed by atoms with Crippen molar-refractivity contribution in [3.05, 3.63) is 53.1 Å². The molecule has 0 radical (unpaired) electrons. The van der Waals surface area contributed by atoms with Crippen LogP contribution in [0.25, 0.3) is 0 Å². The van der Waals surface area contributed by atoms with Crippen molar-refractivity contribution in [3.63, 3.8) is 0 Å².